The second-order valence-electron chi connectivity index (χ2n) is 5.76. The molecule has 4 nitrogen and oxygen atoms in total. The molecule has 1 aliphatic rings. The van der Waals surface area contributed by atoms with Crippen LogP contribution in [0.4, 0.5) is 11.8 Å². The van der Waals surface area contributed by atoms with E-state index in [0.717, 1.165) is 22.7 Å². The van der Waals surface area contributed by atoms with Crippen LogP contribution in [-0.4, -0.2) is 30.1 Å². The van der Waals surface area contributed by atoms with Crippen molar-refractivity contribution in [1.29, 1.82) is 0 Å². The molecule has 2 aromatic rings. The number of anilines is 2. The minimum atomic E-state index is 0.528. The minimum Gasteiger partial charge on any atom is -0.362 e. The molecule has 0 spiro atoms. The number of hydrogen-bond donors (Lipinski definition) is 1. The molecule has 3 rings (SSSR count). The molecule has 1 N–H and O–H groups in total. The monoisotopic (exact) mass is 270 g/mol. The van der Waals surface area contributed by atoms with Gasteiger partial charge in [0.1, 0.15) is 5.82 Å². The summed E-state index contributed by atoms with van der Waals surface area (Å²) in [5.41, 5.74) is 1.00. The van der Waals surface area contributed by atoms with Crippen molar-refractivity contribution in [2.45, 2.75) is 38.1 Å². The summed E-state index contributed by atoms with van der Waals surface area (Å²) in [6.45, 7) is 0. The molecular formula is C16H22N4. The van der Waals surface area contributed by atoms with Gasteiger partial charge in [-0.25, -0.2) is 4.98 Å². The highest BCUT2D eigenvalue weighted by molar-refractivity contribution is 5.90. The van der Waals surface area contributed by atoms with E-state index in [0.29, 0.717) is 6.04 Å². The third kappa shape index (κ3) is 2.69. The highest BCUT2D eigenvalue weighted by atomic mass is 15.2. The van der Waals surface area contributed by atoms with Crippen molar-refractivity contribution in [3.8, 4) is 0 Å². The molecule has 1 aromatic heterocycles. The van der Waals surface area contributed by atoms with Crippen LogP contribution in [0.3, 0.4) is 0 Å². The molecule has 0 atom stereocenters. The summed E-state index contributed by atoms with van der Waals surface area (Å²) in [5.74, 6) is 1.74. The molecule has 1 fully saturated rings. The first-order chi connectivity index (χ1) is 9.74. The molecule has 0 amide bonds. The molecular weight excluding hydrogens is 248 g/mol. The lowest BCUT2D eigenvalue weighted by molar-refractivity contribution is 0.461. The van der Waals surface area contributed by atoms with E-state index in [2.05, 4.69) is 27.3 Å². The molecule has 0 aliphatic heterocycles. The average molecular weight is 270 g/mol. The van der Waals surface area contributed by atoms with Crippen LogP contribution in [0.5, 0.6) is 0 Å². The van der Waals surface area contributed by atoms with Crippen molar-refractivity contribution in [1.82, 2.24) is 9.97 Å². The molecule has 1 heterocycles. The highest BCUT2D eigenvalue weighted by Gasteiger charge is 2.15. The lowest BCUT2D eigenvalue weighted by atomic mass is 9.96. The summed E-state index contributed by atoms with van der Waals surface area (Å²) in [4.78, 5) is 11.4. The van der Waals surface area contributed by atoms with Crippen LogP contribution in [0.1, 0.15) is 32.1 Å². The first-order valence-electron chi connectivity index (χ1n) is 7.44. The van der Waals surface area contributed by atoms with Crippen LogP contribution in [0, 0.1) is 0 Å². The zero-order valence-electron chi connectivity index (χ0n) is 12.3. The van der Waals surface area contributed by atoms with Crippen molar-refractivity contribution in [2.24, 2.45) is 0 Å². The number of nitrogens with one attached hydrogen (secondary N) is 1. The van der Waals surface area contributed by atoms with E-state index in [1.54, 1.807) is 0 Å². The predicted molar refractivity (Wildman–Crippen MR) is 84.4 cm³/mol. The highest BCUT2D eigenvalue weighted by Crippen LogP contribution is 2.25. The summed E-state index contributed by atoms with van der Waals surface area (Å²) < 4.78 is 0. The molecule has 4 heteroatoms. The topological polar surface area (TPSA) is 41.1 Å². The standard InChI is InChI=1S/C16H22N4/c1-20(2)15-13-10-6-7-11-14(13)18-16(19-15)17-12-8-4-3-5-9-12/h6-7,10-12H,3-5,8-9H2,1-2H3,(H,17,18,19). The molecule has 20 heavy (non-hydrogen) atoms. The SMILES string of the molecule is CN(C)c1nc(NC2CCCCC2)nc2ccccc12. The Hall–Kier alpha value is -1.84. The lowest BCUT2D eigenvalue weighted by Crippen LogP contribution is -2.24. The Bertz CT molecular complexity index is 588. The van der Waals surface area contributed by atoms with Gasteiger partial charge >= 0.3 is 0 Å². The Labute approximate surface area is 120 Å². The molecule has 0 bridgehead atoms. The second-order valence-corrected chi connectivity index (χ2v) is 5.76. The summed E-state index contributed by atoms with van der Waals surface area (Å²) in [6, 6.07) is 8.72. The molecule has 1 aliphatic carbocycles. The van der Waals surface area contributed by atoms with E-state index in [1.165, 1.54) is 32.1 Å². The Kier molecular flexibility index (Phi) is 3.72. The number of fused-ring (bicyclic) bond motifs is 1. The van der Waals surface area contributed by atoms with Gasteiger partial charge in [-0.3, -0.25) is 0 Å². The van der Waals surface area contributed by atoms with E-state index >= 15 is 0 Å². The minimum absolute atomic E-state index is 0.528. The quantitative estimate of drug-likeness (QED) is 0.927. The zero-order valence-corrected chi connectivity index (χ0v) is 12.3. The maximum Gasteiger partial charge on any atom is 0.225 e. The van der Waals surface area contributed by atoms with E-state index < -0.39 is 0 Å². The van der Waals surface area contributed by atoms with Crippen LogP contribution < -0.4 is 10.2 Å². The second kappa shape index (κ2) is 5.65. The Morgan fingerprint density at radius 3 is 2.55 bits per heavy atom. The van der Waals surface area contributed by atoms with E-state index in [9.17, 15) is 0 Å². The number of rotatable bonds is 3. The van der Waals surface area contributed by atoms with Crippen LogP contribution in [0.25, 0.3) is 10.9 Å². The van der Waals surface area contributed by atoms with Gasteiger partial charge in [0, 0.05) is 25.5 Å². The summed E-state index contributed by atoms with van der Waals surface area (Å²) in [7, 11) is 4.05. The van der Waals surface area contributed by atoms with Crippen molar-refractivity contribution < 1.29 is 0 Å². The third-order valence-electron chi connectivity index (χ3n) is 3.95. The van der Waals surface area contributed by atoms with Gasteiger partial charge in [0.2, 0.25) is 5.95 Å². The molecule has 0 unspecified atom stereocenters. The van der Waals surface area contributed by atoms with E-state index in [1.807, 2.05) is 26.2 Å². The number of hydrogen-bond acceptors (Lipinski definition) is 4. The molecule has 1 saturated carbocycles. The lowest BCUT2D eigenvalue weighted by Gasteiger charge is -2.23. The number of aromatic nitrogens is 2. The molecule has 1 aromatic carbocycles. The fourth-order valence-corrected chi connectivity index (χ4v) is 2.89. The van der Waals surface area contributed by atoms with Gasteiger partial charge < -0.3 is 10.2 Å². The zero-order chi connectivity index (χ0) is 13.9. The normalized spacial score (nSPS) is 16.3. The summed E-state index contributed by atoms with van der Waals surface area (Å²) >= 11 is 0. The fourth-order valence-electron chi connectivity index (χ4n) is 2.89. The van der Waals surface area contributed by atoms with Crippen LogP contribution in [0.2, 0.25) is 0 Å². The van der Waals surface area contributed by atoms with Crippen LogP contribution in [0.15, 0.2) is 24.3 Å². The van der Waals surface area contributed by atoms with Gasteiger partial charge in [-0.1, -0.05) is 31.4 Å². The van der Waals surface area contributed by atoms with Gasteiger partial charge in [0.15, 0.2) is 0 Å². The summed E-state index contributed by atoms with van der Waals surface area (Å²) in [6.07, 6.45) is 6.44. The number of nitrogens with zero attached hydrogens (tertiary/aromatic N) is 3. The van der Waals surface area contributed by atoms with Gasteiger partial charge in [-0.2, -0.15) is 4.98 Å². The first kappa shape index (κ1) is 13.2. The van der Waals surface area contributed by atoms with Crippen molar-refractivity contribution >= 4 is 22.7 Å². The predicted octanol–water partition coefficient (Wildman–Crippen LogP) is 3.44. The third-order valence-corrected chi connectivity index (χ3v) is 3.95. The maximum absolute atomic E-state index is 4.70. The number of benzene rings is 1. The van der Waals surface area contributed by atoms with Crippen LogP contribution in [-0.2, 0) is 0 Å². The molecule has 0 radical (unpaired) electrons. The van der Waals surface area contributed by atoms with Gasteiger partial charge in [-0.05, 0) is 25.0 Å². The van der Waals surface area contributed by atoms with Gasteiger partial charge in [0.05, 0.1) is 5.52 Å². The maximum atomic E-state index is 4.70. The van der Waals surface area contributed by atoms with Gasteiger partial charge in [0.25, 0.3) is 0 Å². The van der Waals surface area contributed by atoms with Crippen molar-refractivity contribution in [3.63, 3.8) is 0 Å². The fraction of sp³-hybridized carbons (Fsp3) is 0.500. The largest absolute Gasteiger partial charge is 0.362 e. The number of para-hydroxylation sites is 1. The van der Waals surface area contributed by atoms with Crippen LogP contribution >= 0.6 is 0 Å². The Morgan fingerprint density at radius 2 is 1.80 bits per heavy atom. The van der Waals surface area contributed by atoms with Gasteiger partial charge in [-0.15, -0.1) is 0 Å². The molecule has 0 saturated heterocycles. The summed E-state index contributed by atoms with van der Waals surface area (Å²) in [5, 5.41) is 4.62. The van der Waals surface area contributed by atoms with E-state index in [4.69, 9.17) is 4.98 Å². The Balaban J connectivity index is 1.94. The van der Waals surface area contributed by atoms with E-state index in [-0.39, 0.29) is 0 Å². The molecule has 106 valence electrons. The Morgan fingerprint density at radius 1 is 1.05 bits per heavy atom. The first-order valence-corrected chi connectivity index (χ1v) is 7.44. The smallest absolute Gasteiger partial charge is 0.225 e. The average Bonchev–Trinajstić information content (AvgIpc) is 2.47. The van der Waals surface area contributed by atoms with Crippen molar-refractivity contribution in [2.75, 3.05) is 24.3 Å². The van der Waals surface area contributed by atoms with Crippen molar-refractivity contribution in [3.05, 3.63) is 24.3 Å².